The van der Waals surface area contributed by atoms with Crippen LogP contribution in [-0.2, 0) is 12.8 Å². The molecule has 62 valence electrons. The van der Waals surface area contributed by atoms with E-state index in [-0.39, 0.29) is 0 Å². The van der Waals surface area contributed by atoms with E-state index in [1.54, 1.807) is 11.1 Å². The van der Waals surface area contributed by atoms with Crippen LogP contribution in [0.2, 0.25) is 0 Å². The number of nitrogens with one attached hydrogen (secondary N) is 1. The summed E-state index contributed by atoms with van der Waals surface area (Å²) >= 11 is 0. The smallest absolute Gasteiger partial charge is 0.0447 e. The first kappa shape index (κ1) is 6.67. The van der Waals surface area contributed by atoms with Crippen molar-refractivity contribution in [1.29, 1.82) is 0 Å². The summed E-state index contributed by atoms with van der Waals surface area (Å²) in [5.74, 6) is 0. The quantitative estimate of drug-likeness (QED) is 0.620. The fraction of sp³-hybridized carbons (Fsp3) is 0.455. The van der Waals surface area contributed by atoms with E-state index >= 15 is 0 Å². The molecule has 0 bridgehead atoms. The van der Waals surface area contributed by atoms with E-state index in [0.29, 0.717) is 6.04 Å². The van der Waals surface area contributed by atoms with Gasteiger partial charge in [-0.15, -0.1) is 0 Å². The minimum absolute atomic E-state index is 0.677. The molecule has 1 fully saturated rings. The zero-order valence-electron chi connectivity index (χ0n) is 7.14. The van der Waals surface area contributed by atoms with E-state index in [1.165, 1.54) is 31.4 Å². The Morgan fingerprint density at radius 3 is 2.83 bits per heavy atom. The van der Waals surface area contributed by atoms with Crippen LogP contribution in [0.5, 0.6) is 0 Å². The molecule has 1 saturated heterocycles. The van der Waals surface area contributed by atoms with Crippen LogP contribution in [0.1, 0.15) is 29.2 Å². The van der Waals surface area contributed by atoms with Gasteiger partial charge in [0, 0.05) is 12.6 Å². The Kier molecular flexibility index (Phi) is 1.30. The van der Waals surface area contributed by atoms with Gasteiger partial charge >= 0.3 is 0 Å². The average molecular weight is 159 g/mol. The molecular weight excluding hydrogens is 146 g/mol. The molecule has 3 rings (SSSR count). The van der Waals surface area contributed by atoms with Gasteiger partial charge in [-0.1, -0.05) is 18.2 Å². The fourth-order valence-corrected chi connectivity index (χ4v) is 2.10. The van der Waals surface area contributed by atoms with Crippen molar-refractivity contribution in [1.82, 2.24) is 5.32 Å². The highest BCUT2D eigenvalue weighted by molar-refractivity contribution is 5.37. The van der Waals surface area contributed by atoms with Crippen LogP contribution in [0.25, 0.3) is 0 Å². The highest BCUT2D eigenvalue weighted by Gasteiger charge is 2.23. The lowest BCUT2D eigenvalue weighted by molar-refractivity contribution is 0.911. The zero-order chi connectivity index (χ0) is 7.97. The molecule has 1 aliphatic heterocycles. The maximum Gasteiger partial charge on any atom is 0.0447 e. The van der Waals surface area contributed by atoms with Crippen LogP contribution in [0.3, 0.4) is 0 Å². The van der Waals surface area contributed by atoms with Crippen molar-refractivity contribution in [3.8, 4) is 0 Å². The van der Waals surface area contributed by atoms with Gasteiger partial charge in [0.1, 0.15) is 0 Å². The molecule has 1 aromatic rings. The Morgan fingerprint density at radius 2 is 2.00 bits per heavy atom. The van der Waals surface area contributed by atoms with Crippen LogP contribution in [0.4, 0.5) is 0 Å². The summed E-state index contributed by atoms with van der Waals surface area (Å²) in [5, 5.41) is 3.34. The molecule has 1 heteroatoms. The van der Waals surface area contributed by atoms with E-state index in [9.17, 15) is 0 Å². The third-order valence-corrected chi connectivity index (χ3v) is 2.93. The average Bonchev–Trinajstić information content (AvgIpc) is 2.84. The molecule has 1 unspecified atom stereocenters. The highest BCUT2D eigenvalue weighted by atomic mass is 15.1. The number of hydrogen-bond donors (Lipinski definition) is 1. The van der Waals surface area contributed by atoms with Crippen molar-refractivity contribution in [3.05, 3.63) is 34.9 Å². The Bertz CT molecular complexity index is 313. The van der Waals surface area contributed by atoms with Gasteiger partial charge in [-0.25, -0.2) is 0 Å². The van der Waals surface area contributed by atoms with Crippen LogP contribution in [0, 0.1) is 0 Å². The second-order valence-corrected chi connectivity index (χ2v) is 3.84. The number of rotatable bonds is 1. The molecule has 0 radical (unpaired) electrons. The van der Waals surface area contributed by atoms with Gasteiger partial charge in [-0.3, -0.25) is 0 Å². The number of hydrogen-bond acceptors (Lipinski definition) is 1. The monoisotopic (exact) mass is 159 g/mol. The standard InChI is InChI=1S/C11H13N/c1-2-8-4-5-10(11-7-12-11)6-9(8)3-1/h4-6,11-12H,1-3,7H2. The van der Waals surface area contributed by atoms with Gasteiger partial charge in [0.2, 0.25) is 0 Å². The maximum atomic E-state index is 3.34. The molecule has 1 atom stereocenters. The third-order valence-electron chi connectivity index (χ3n) is 2.93. The molecule has 0 spiro atoms. The first-order chi connectivity index (χ1) is 5.93. The topological polar surface area (TPSA) is 21.9 Å². The van der Waals surface area contributed by atoms with Gasteiger partial charge in [0.15, 0.2) is 0 Å². The highest BCUT2D eigenvalue weighted by Crippen LogP contribution is 2.28. The lowest BCUT2D eigenvalue weighted by Crippen LogP contribution is -1.88. The lowest BCUT2D eigenvalue weighted by Gasteiger charge is -2.01. The molecular formula is C11H13N. The van der Waals surface area contributed by atoms with Crippen molar-refractivity contribution < 1.29 is 0 Å². The number of fused-ring (bicyclic) bond motifs is 1. The largest absolute Gasteiger partial charge is 0.307 e. The summed E-state index contributed by atoms with van der Waals surface area (Å²) in [6.45, 7) is 1.18. The zero-order valence-corrected chi connectivity index (χ0v) is 7.14. The maximum absolute atomic E-state index is 3.34. The van der Waals surface area contributed by atoms with Crippen molar-refractivity contribution in [2.24, 2.45) is 0 Å². The van der Waals surface area contributed by atoms with Gasteiger partial charge in [-0.05, 0) is 36.0 Å². The Hall–Kier alpha value is -0.820. The summed E-state index contributed by atoms with van der Waals surface area (Å²) in [6.07, 6.45) is 3.96. The first-order valence-corrected chi connectivity index (χ1v) is 4.78. The van der Waals surface area contributed by atoms with Crippen molar-refractivity contribution in [2.45, 2.75) is 25.3 Å². The Morgan fingerprint density at radius 1 is 1.17 bits per heavy atom. The summed E-state index contributed by atoms with van der Waals surface area (Å²) < 4.78 is 0. The summed E-state index contributed by atoms with van der Waals surface area (Å²) in [6, 6.07) is 7.68. The lowest BCUT2D eigenvalue weighted by atomic mass is 10.0. The summed E-state index contributed by atoms with van der Waals surface area (Å²) in [5.41, 5.74) is 4.68. The Labute approximate surface area is 72.8 Å². The van der Waals surface area contributed by atoms with E-state index in [2.05, 4.69) is 23.5 Å². The predicted octanol–water partition coefficient (Wildman–Crippen LogP) is 1.82. The molecule has 1 aromatic carbocycles. The number of aryl methyl sites for hydroxylation is 2. The van der Waals surface area contributed by atoms with E-state index in [0.717, 1.165) is 0 Å². The van der Waals surface area contributed by atoms with Gasteiger partial charge in [0.25, 0.3) is 0 Å². The number of benzene rings is 1. The van der Waals surface area contributed by atoms with Crippen LogP contribution in [-0.4, -0.2) is 6.54 Å². The molecule has 1 N–H and O–H groups in total. The molecule has 1 heterocycles. The normalized spacial score (nSPS) is 25.5. The van der Waals surface area contributed by atoms with Crippen molar-refractivity contribution in [3.63, 3.8) is 0 Å². The molecule has 1 nitrogen and oxygen atoms in total. The van der Waals surface area contributed by atoms with Gasteiger partial charge in [0.05, 0.1) is 0 Å². The minimum atomic E-state index is 0.677. The van der Waals surface area contributed by atoms with E-state index in [4.69, 9.17) is 0 Å². The van der Waals surface area contributed by atoms with E-state index in [1.807, 2.05) is 0 Å². The summed E-state index contributed by atoms with van der Waals surface area (Å²) in [7, 11) is 0. The SMILES string of the molecule is c1cc2c(cc1C1CN1)CCC2. The minimum Gasteiger partial charge on any atom is -0.307 e. The fourth-order valence-electron chi connectivity index (χ4n) is 2.10. The molecule has 0 saturated carbocycles. The van der Waals surface area contributed by atoms with Crippen LogP contribution >= 0.6 is 0 Å². The second kappa shape index (κ2) is 2.33. The first-order valence-electron chi connectivity index (χ1n) is 4.78. The third kappa shape index (κ3) is 0.969. The molecule has 1 aliphatic carbocycles. The summed E-state index contributed by atoms with van der Waals surface area (Å²) in [4.78, 5) is 0. The molecule has 2 aliphatic rings. The Balaban J connectivity index is 2.03. The van der Waals surface area contributed by atoms with E-state index < -0.39 is 0 Å². The van der Waals surface area contributed by atoms with Crippen molar-refractivity contribution in [2.75, 3.05) is 6.54 Å². The van der Waals surface area contributed by atoms with Gasteiger partial charge < -0.3 is 5.32 Å². The van der Waals surface area contributed by atoms with Gasteiger partial charge in [-0.2, -0.15) is 0 Å². The predicted molar refractivity (Wildman–Crippen MR) is 49.2 cm³/mol. The molecule has 0 aromatic heterocycles. The van der Waals surface area contributed by atoms with Crippen molar-refractivity contribution >= 4 is 0 Å². The molecule has 0 amide bonds. The van der Waals surface area contributed by atoms with Crippen LogP contribution in [0.15, 0.2) is 18.2 Å². The van der Waals surface area contributed by atoms with Crippen LogP contribution < -0.4 is 5.32 Å². The molecule has 12 heavy (non-hydrogen) atoms. The second-order valence-electron chi connectivity index (χ2n) is 3.84.